The first-order chi connectivity index (χ1) is 15.0. The molecular weight excluding hydrogens is 390 g/mol. The first-order valence-corrected chi connectivity index (χ1v) is 11.0. The van der Waals surface area contributed by atoms with Gasteiger partial charge in [-0.1, -0.05) is 43.3 Å². The zero-order chi connectivity index (χ0) is 22.2. The van der Waals surface area contributed by atoms with E-state index in [9.17, 15) is 14.4 Å². The molecule has 3 rings (SSSR count). The van der Waals surface area contributed by atoms with Crippen molar-refractivity contribution in [1.82, 2.24) is 15.5 Å². The standard InChI is InChI=1S/C25H31N3O3/c1-3-18(2)26-24(30)22(27-23(29)20-10-6-4-7-11-20)19-14-16-28(17-15-19)25(31)21-12-8-5-9-13-21/h4-13,18-19,22H,3,14-17H2,1-2H3,(H,26,30)(H,27,29)/t18-,22-/m1/s1. The molecule has 0 saturated carbocycles. The second-order valence-corrected chi connectivity index (χ2v) is 8.13. The fraction of sp³-hybridized carbons (Fsp3) is 0.400. The summed E-state index contributed by atoms with van der Waals surface area (Å²) in [6, 6.07) is 17.6. The molecule has 0 aromatic heterocycles. The van der Waals surface area contributed by atoms with Crippen molar-refractivity contribution in [2.75, 3.05) is 13.1 Å². The fourth-order valence-electron chi connectivity index (χ4n) is 3.85. The van der Waals surface area contributed by atoms with Crippen LogP contribution in [0.4, 0.5) is 0 Å². The van der Waals surface area contributed by atoms with E-state index >= 15 is 0 Å². The van der Waals surface area contributed by atoms with Crippen molar-refractivity contribution in [2.24, 2.45) is 5.92 Å². The summed E-state index contributed by atoms with van der Waals surface area (Å²) >= 11 is 0. The molecule has 2 aromatic carbocycles. The van der Waals surface area contributed by atoms with E-state index in [1.807, 2.05) is 55.1 Å². The molecule has 2 N–H and O–H groups in total. The van der Waals surface area contributed by atoms with Crippen LogP contribution in [0.3, 0.4) is 0 Å². The lowest BCUT2D eigenvalue weighted by Gasteiger charge is -2.36. The summed E-state index contributed by atoms with van der Waals surface area (Å²) in [4.78, 5) is 40.3. The van der Waals surface area contributed by atoms with Crippen molar-refractivity contribution >= 4 is 17.7 Å². The van der Waals surface area contributed by atoms with Gasteiger partial charge in [0.15, 0.2) is 0 Å². The van der Waals surface area contributed by atoms with Gasteiger partial charge in [0, 0.05) is 30.3 Å². The maximum atomic E-state index is 13.0. The molecule has 0 spiro atoms. The lowest BCUT2D eigenvalue weighted by atomic mass is 9.88. The minimum absolute atomic E-state index is 0.00739. The molecule has 2 aromatic rings. The Morgan fingerprint density at radius 2 is 1.45 bits per heavy atom. The average Bonchev–Trinajstić information content (AvgIpc) is 2.83. The number of rotatable bonds is 7. The fourth-order valence-corrected chi connectivity index (χ4v) is 3.85. The zero-order valence-corrected chi connectivity index (χ0v) is 18.2. The summed E-state index contributed by atoms with van der Waals surface area (Å²) < 4.78 is 0. The number of carbonyl (C=O) groups is 3. The maximum Gasteiger partial charge on any atom is 0.253 e. The van der Waals surface area contributed by atoms with Crippen LogP contribution in [-0.4, -0.2) is 47.8 Å². The lowest BCUT2D eigenvalue weighted by molar-refractivity contribution is -0.125. The molecule has 2 atom stereocenters. The first-order valence-electron chi connectivity index (χ1n) is 11.0. The number of hydrogen-bond donors (Lipinski definition) is 2. The average molecular weight is 422 g/mol. The van der Waals surface area contributed by atoms with Gasteiger partial charge in [0.1, 0.15) is 6.04 Å². The SMILES string of the molecule is CC[C@@H](C)NC(=O)[C@H](NC(=O)c1ccccc1)C1CCN(C(=O)c2ccccc2)CC1. The summed E-state index contributed by atoms with van der Waals surface area (Å²) in [7, 11) is 0. The van der Waals surface area contributed by atoms with Crippen LogP contribution >= 0.6 is 0 Å². The Labute approximate surface area is 184 Å². The van der Waals surface area contributed by atoms with E-state index in [4.69, 9.17) is 0 Å². The van der Waals surface area contributed by atoms with Gasteiger partial charge in [0.2, 0.25) is 5.91 Å². The molecule has 3 amide bonds. The Hall–Kier alpha value is -3.15. The van der Waals surface area contributed by atoms with Crippen molar-refractivity contribution in [3.63, 3.8) is 0 Å². The van der Waals surface area contributed by atoms with Gasteiger partial charge in [-0.15, -0.1) is 0 Å². The summed E-state index contributed by atoms with van der Waals surface area (Å²) in [5.41, 5.74) is 1.20. The predicted molar refractivity (Wildman–Crippen MR) is 121 cm³/mol. The third kappa shape index (κ3) is 5.94. The zero-order valence-electron chi connectivity index (χ0n) is 18.2. The second kappa shape index (κ2) is 10.8. The third-order valence-corrected chi connectivity index (χ3v) is 5.93. The summed E-state index contributed by atoms with van der Waals surface area (Å²) in [6.45, 7) is 5.09. The molecule has 1 fully saturated rings. The van der Waals surface area contributed by atoms with E-state index in [1.54, 1.807) is 24.3 Å². The van der Waals surface area contributed by atoms with Crippen LogP contribution in [0, 0.1) is 5.92 Å². The number of likely N-dealkylation sites (tertiary alicyclic amines) is 1. The van der Waals surface area contributed by atoms with E-state index in [-0.39, 0.29) is 29.7 Å². The van der Waals surface area contributed by atoms with Gasteiger partial charge in [-0.25, -0.2) is 0 Å². The Kier molecular flexibility index (Phi) is 7.82. The monoisotopic (exact) mass is 421 g/mol. The molecular formula is C25H31N3O3. The third-order valence-electron chi connectivity index (χ3n) is 5.93. The minimum Gasteiger partial charge on any atom is -0.352 e. The number of hydrogen-bond acceptors (Lipinski definition) is 3. The highest BCUT2D eigenvalue weighted by Gasteiger charge is 2.34. The Bertz CT molecular complexity index is 877. The smallest absolute Gasteiger partial charge is 0.253 e. The van der Waals surface area contributed by atoms with Gasteiger partial charge in [-0.2, -0.15) is 0 Å². The van der Waals surface area contributed by atoms with Crippen molar-refractivity contribution in [1.29, 1.82) is 0 Å². The van der Waals surface area contributed by atoms with Gasteiger partial charge < -0.3 is 15.5 Å². The molecule has 164 valence electrons. The molecule has 6 heteroatoms. The maximum absolute atomic E-state index is 13.0. The highest BCUT2D eigenvalue weighted by molar-refractivity contribution is 5.97. The molecule has 6 nitrogen and oxygen atoms in total. The highest BCUT2D eigenvalue weighted by Crippen LogP contribution is 2.23. The molecule has 1 heterocycles. The largest absolute Gasteiger partial charge is 0.352 e. The Morgan fingerprint density at radius 1 is 0.903 bits per heavy atom. The normalized spacial score (nSPS) is 16.3. The number of benzene rings is 2. The molecule has 0 radical (unpaired) electrons. The van der Waals surface area contributed by atoms with E-state index in [2.05, 4.69) is 10.6 Å². The van der Waals surface area contributed by atoms with E-state index < -0.39 is 6.04 Å². The molecule has 1 aliphatic rings. The van der Waals surface area contributed by atoms with Crippen LogP contribution < -0.4 is 10.6 Å². The summed E-state index contributed by atoms with van der Waals surface area (Å²) in [6.07, 6.45) is 2.13. The molecule has 0 bridgehead atoms. The van der Waals surface area contributed by atoms with Crippen LogP contribution in [0.15, 0.2) is 60.7 Å². The minimum atomic E-state index is -0.629. The number of carbonyl (C=O) groups excluding carboxylic acids is 3. The van der Waals surface area contributed by atoms with Crippen LogP contribution in [-0.2, 0) is 4.79 Å². The Morgan fingerprint density at radius 3 is 2.00 bits per heavy atom. The molecule has 1 aliphatic heterocycles. The van der Waals surface area contributed by atoms with Crippen LogP contribution in [0.5, 0.6) is 0 Å². The van der Waals surface area contributed by atoms with Gasteiger partial charge in [0.25, 0.3) is 11.8 Å². The first kappa shape index (κ1) is 22.5. The lowest BCUT2D eigenvalue weighted by Crippen LogP contribution is -2.55. The molecule has 0 unspecified atom stereocenters. The van der Waals surface area contributed by atoms with Crippen LogP contribution in [0.1, 0.15) is 53.8 Å². The van der Waals surface area contributed by atoms with Gasteiger partial charge >= 0.3 is 0 Å². The van der Waals surface area contributed by atoms with E-state index in [1.165, 1.54) is 0 Å². The Balaban J connectivity index is 1.68. The highest BCUT2D eigenvalue weighted by atomic mass is 16.2. The summed E-state index contributed by atoms with van der Waals surface area (Å²) in [5.74, 6) is -0.441. The number of amides is 3. The van der Waals surface area contributed by atoms with E-state index in [0.29, 0.717) is 37.1 Å². The van der Waals surface area contributed by atoms with Crippen molar-refractivity contribution in [3.8, 4) is 0 Å². The number of nitrogens with zero attached hydrogens (tertiary/aromatic N) is 1. The van der Waals surface area contributed by atoms with Crippen LogP contribution in [0.2, 0.25) is 0 Å². The van der Waals surface area contributed by atoms with Gasteiger partial charge in [-0.05, 0) is 56.4 Å². The summed E-state index contributed by atoms with van der Waals surface area (Å²) in [5, 5.41) is 5.96. The van der Waals surface area contributed by atoms with E-state index in [0.717, 1.165) is 6.42 Å². The molecule has 0 aliphatic carbocycles. The van der Waals surface area contributed by atoms with Crippen molar-refractivity contribution in [2.45, 2.75) is 45.2 Å². The van der Waals surface area contributed by atoms with Crippen LogP contribution in [0.25, 0.3) is 0 Å². The second-order valence-electron chi connectivity index (χ2n) is 8.13. The topological polar surface area (TPSA) is 78.5 Å². The molecule has 31 heavy (non-hydrogen) atoms. The number of piperidine rings is 1. The van der Waals surface area contributed by atoms with Gasteiger partial charge in [-0.3, -0.25) is 14.4 Å². The quantitative estimate of drug-likeness (QED) is 0.720. The predicted octanol–water partition coefficient (Wildman–Crippen LogP) is 3.25. The number of nitrogens with one attached hydrogen (secondary N) is 2. The molecule has 1 saturated heterocycles. The van der Waals surface area contributed by atoms with Crippen molar-refractivity contribution in [3.05, 3.63) is 71.8 Å². The van der Waals surface area contributed by atoms with Crippen molar-refractivity contribution < 1.29 is 14.4 Å². The van der Waals surface area contributed by atoms with Gasteiger partial charge in [0.05, 0.1) is 0 Å².